The number of carbonyl (C=O) groups is 1. The number of benzene rings is 1. The van der Waals surface area contributed by atoms with Crippen molar-refractivity contribution in [2.75, 3.05) is 26.4 Å². The topological polar surface area (TPSA) is 60.5 Å². The molecule has 0 radical (unpaired) electrons. The van der Waals surface area contributed by atoms with Gasteiger partial charge in [-0.3, -0.25) is 0 Å². The van der Waals surface area contributed by atoms with Gasteiger partial charge < -0.3 is 19.2 Å². The summed E-state index contributed by atoms with van der Waals surface area (Å²) in [6.07, 6.45) is 5.79. The molecule has 0 aliphatic heterocycles. The van der Waals surface area contributed by atoms with Gasteiger partial charge in [0.15, 0.2) is 11.5 Å². The Morgan fingerprint density at radius 3 is 2.37 bits per heavy atom. The van der Waals surface area contributed by atoms with Crippen LogP contribution in [0.25, 0.3) is 11.1 Å². The van der Waals surface area contributed by atoms with Gasteiger partial charge in [-0.1, -0.05) is 18.6 Å². The first-order valence-corrected chi connectivity index (χ1v) is 9.52. The quantitative estimate of drug-likeness (QED) is 0.419. The molecule has 2 aromatic rings. The molecule has 0 atom stereocenters. The predicted octanol–water partition coefficient (Wildman–Crippen LogP) is 4.97. The van der Waals surface area contributed by atoms with Crippen LogP contribution < -0.4 is 4.74 Å². The zero-order valence-electron chi connectivity index (χ0n) is 16.1. The molecule has 0 spiro atoms. The number of esters is 1. The van der Waals surface area contributed by atoms with Crippen molar-refractivity contribution >= 4 is 5.97 Å². The highest BCUT2D eigenvalue weighted by atomic mass is 19.1. The molecule has 27 heavy (non-hydrogen) atoms. The van der Waals surface area contributed by atoms with Gasteiger partial charge in [-0.2, -0.15) is 0 Å². The normalized spacial score (nSPS) is 10.8. The van der Waals surface area contributed by atoms with E-state index in [1.807, 2.05) is 6.92 Å². The molecular formula is C21H28FNO4. The van der Waals surface area contributed by atoms with Crippen LogP contribution in [-0.2, 0) is 9.47 Å². The Labute approximate surface area is 159 Å². The van der Waals surface area contributed by atoms with Gasteiger partial charge in [-0.25, -0.2) is 9.18 Å². The van der Waals surface area contributed by atoms with Gasteiger partial charge in [0.05, 0.1) is 13.2 Å². The minimum atomic E-state index is -0.692. The number of ether oxygens (including phenoxy) is 3. The SMILES string of the molecule is CCOCCCCCCOc1ccc(-c2c[nH]c(C(=O)OCC)c2F)cc1. The van der Waals surface area contributed by atoms with Gasteiger partial charge >= 0.3 is 5.97 Å². The number of aromatic nitrogens is 1. The summed E-state index contributed by atoms with van der Waals surface area (Å²) >= 11 is 0. The number of hydrogen-bond acceptors (Lipinski definition) is 4. The van der Waals surface area contributed by atoms with Crippen LogP contribution in [0.2, 0.25) is 0 Å². The molecular weight excluding hydrogens is 349 g/mol. The molecule has 0 amide bonds. The lowest BCUT2D eigenvalue weighted by atomic mass is 10.1. The van der Waals surface area contributed by atoms with Gasteiger partial charge in [-0.15, -0.1) is 0 Å². The Bertz CT molecular complexity index is 697. The van der Waals surface area contributed by atoms with Gasteiger partial charge in [0.25, 0.3) is 0 Å². The lowest BCUT2D eigenvalue weighted by Crippen LogP contribution is -2.06. The minimum absolute atomic E-state index is 0.156. The van der Waals surface area contributed by atoms with E-state index in [0.29, 0.717) is 17.7 Å². The standard InChI is InChI=1S/C21H28FNO4/c1-3-25-13-7-5-6-8-14-27-17-11-9-16(10-12-17)18-15-23-20(19(18)22)21(24)26-4-2/h9-12,15,23H,3-8,13-14H2,1-2H3. The van der Waals surface area contributed by atoms with Crippen molar-refractivity contribution < 1.29 is 23.4 Å². The van der Waals surface area contributed by atoms with E-state index in [1.54, 1.807) is 31.2 Å². The summed E-state index contributed by atoms with van der Waals surface area (Å²) in [5.74, 6) is -0.550. The molecule has 6 heteroatoms. The molecule has 0 unspecified atom stereocenters. The zero-order valence-corrected chi connectivity index (χ0v) is 16.1. The van der Waals surface area contributed by atoms with Crippen LogP contribution in [0.5, 0.6) is 5.75 Å². The van der Waals surface area contributed by atoms with Crippen molar-refractivity contribution in [1.29, 1.82) is 0 Å². The molecule has 148 valence electrons. The maximum absolute atomic E-state index is 14.4. The fourth-order valence-corrected chi connectivity index (χ4v) is 2.69. The first kappa shape index (κ1) is 21.0. The fraction of sp³-hybridized carbons (Fsp3) is 0.476. The molecule has 0 saturated carbocycles. The van der Waals surface area contributed by atoms with Crippen molar-refractivity contribution in [3.63, 3.8) is 0 Å². The summed E-state index contributed by atoms with van der Waals surface area (Å²) in [7, 11) is 0. The van der Waals surface area contributed by atoms with Gasteiger partial charge in [0, 0.05) is 25.0 Å². The Morgan fingerprint density at radius 1 is 1.00 bits per heavy atom. The van der Waals surface area contributed by atoms with Crippen molar-refractivity contribution in [3.8, 4) is 16.9 Å². The third kappa shape index (κ3) is 6.40. The maximum atomic E-state index is 14.4. The molecule has 0 saturated heterocycles. The van der Waals surface area contributed by atoms with Crippen LogP contribution in [0.4, 0.5) is 4.39 Å². The summed E-state index contributed by atoms with van der Waals surface area (Å²) in [5, 5.41) is 0. The molecule has 5 nitrogen and oxygen atoms in total. The van der Waals surface area contributed by atoms with E-state index in [0.717, 1.165) is 44.6 Å². The summed E-state index contributed by atoms with van der Waals surface area (Å²) in [4.78, 5) is 14.3. The Morgan fingerprint density at radius 2 is 1.70 bits per heavy atom. The lowest BCUT2D eigenvalue weighted by Gasteiger charge is -2.07. The molecule has 0 aliphatic rings. The predicted molar refractivity (Wildman–Crippen MR) is 103 cm³/mol. The number of rotatable bonds is 12. The third-order valence-corrected chi connectivity index (χ3v) is 4.12. The summed E-state index contributed by atoms with van der Waals surface area (Å²) < 4.78 is 30.3. The zero-order chi connectivity index (χ0) is 19.5. The first-order chi connectivity index (χ1) is 13.2. The Kier molecular flexibility index (Phi) is 8.84. The van der Waals surface area contributed by atoms with Gasteiger partial charge in [-0.05, 0) is 50.8 Å². The highest BCUT2D eigenvalue weighted by Gasteiger charge is 2.19. The summed E-state index contributed by atoms with van der Waals surface area (Å²) in [5.41, 5.74) is 0.845. The number of hydrogen-bond donors (Lipinski definition) is 1. The number of unbranched alkanes of at least 4 members (excludes halogenated alkanes) is 3. The van der Waals surface area contributed by atoms with E-state index in [4.69, 9.17) is 14.2 Å². The fourth-order valence-electron chi connectivity index (χ4n) is 2.69. The minimum Gasteiger partial charge on any atom is -0.494 e. The van der Waals surface area contributed by atoms with Crippen molar-refractivity contribution in [3.05, 3.63) is 42.0 Å². The van der Waals surface area contributed by atoms with Crippen LogP contribution in [0.3, 0.4) is 0 Å². The Hall–Kier alpha value is -2.34. The van der Waals surface area contributed by atoms with Crippen LogP contribution >= 0.6 is 0 Å². The molecule has 0 aliphatic carbocycles. The molecule has 1 aromatic heterocycles. The van der Waals surface area contributed by atoms with Crippen molar-refractivity contribution in [2.45, 2.75) is 39.5 Å². The third-order valence-electron chi connectivity index (χ3n) is 4.12. The number of aromatic amines is 1. The average Bonchev–Trinajstić information content (AvgIpc) is 3.06. The van der Waals surface area contributed by atoms with Crippen LogP contribution in [0.15, 0.2) is 30.5 Å². The van der Waals surface area contributed by atoms with Crippen LogP contribution in [0, 0.1) is 5.82 Å². The summed E-state index contributed by atoms with van der Waals surface area (Å²) in [6, 6.07) is 7.17. The van der Waals surface area contributed by atoms with Gasteiger partial charge in [0.2, 0.25) is 0 Å². The van der Waals surface area contributed by atoms with Crippen LogP contribution in [-0.4, -0.2) is 37.4 Å². The second-order valence-corrected chi connectivity index (χ2v) is 6.10. The largest absolute Gasteiger partial charge is 0.494 e. The van der Waals surface area contributed by atoms with Crippen molar-refractivity contribution in [2.24, 2.45) is 0 Å². The molecule has 1 aromatic carbocycles. The molecule has 2 rings (SSSR count). The molecule has 0 fully saturated rings. The van der Waals surface area contributed by atoms with Crippen molar-refractivity contribution in [1.82, 2.24) is 4.98 Å². The Balaban J connectivity index is 1.81. The van der Waals surface area contributed by atoms with E-state index in [-0.39, 0.29) is 12.3 Å². The van der Waals surface area contributed by atoms with E-state index in [1.165, 1.54) is 6.20 Å². The van der Waals surface area contributed by atoms with E-state index >= 15 is 0 Å². The molecule has 1 N–H and O–H groups in total. The molecule has 0 bridgehead atoms. The monoisotopic (exact) mass is 377 g/mol. The lowest BCUT2D eigenvalue weighted by molar-refractivity contribution is 0.0515. The maximum Gasteiger partial charge on any atom is 0.357 e. The molecule has 1 heterocycles. The highest BCUT2D eigenvalue weighted by Crippen LogP contribution is 2.27. The van der Waals surface area contributed by atoms with E-state index in [9.17, 15) is 9.18 Å². The first-order valence-electron chi connectivity index (χ1n) is 9.52. The number of H-pyrrole nitrogens is 1. The number of carbonyl (C=O) groups excluding carboxylic acids is 1. The second-order valence-electron chi connectivity index (χ2n) is 6.10. The average molecular weight is 377 g/mol. The number of nitrogens with one attached hydrogen (secondary N) is 1. The van der Waals surface area contributed by atoms with Crippen LogP contribution in [0.1, 0.15) is 50.0 Å². The van der Waals surface area contributed by atoms with E-state index < -0.39 is 11.8 Å². The smallest absolute Gasteiger partial charge is 0.357 e. The second kappa shape index (κ2) is 11.4. The van der Waals surface area contributed by atoms with Gasteiger partial charge in [0.1, 0.15) is 5.75 Å². The van der Waals surface area contributed by atoms with E-state index in [2.05, 4.69) is 4.98 Å². The summed E-state index contributed by atoms with van der Waals surface area (Å²) in [6.45, 7) is 6.13. The number of halogens is 1. The highest BCUT2D eigenvalue weighted by molar-refractivity contribution is 5.90.